The molecule has 2 rings (SSSR count). The smallest absolute Gasteiger partial charge is 0.250 e. The quantitative estimate of drug-likeness (QED) is 0.709. The Bertz CT molecular complexity index is 485. The summed E-state index contributed by atoms with van der Waals surface area (Å²) in [7, 11) is 0. The summed E-state index contributed by atoms with van der Waals surface area (Å²) in [5.41, 5.74) is 1.41. The topological polar surface area (TPSA) is 61.5 Å². The Balaban J connectivity index is 2.97. The lowest BCUT2D eigenvalue weighted by molar-refractivity contribution is 1.15. The van der Waals surface area contributed by atoms with Crippen molar-refractivity contribution in [3.05, 3.63) is 25.8 Å². The van der Waals surface area contributed by atoms with E-state index in [0.717, 1.165) is 14.9 Å². The highest BCUT2D eigenvalue weighted by Crippen LogP contribution is 2.13. The van der Waals surface area contributed by atoms with Crippen LogP contribution in [-0.4, -0.2) is 15.0 Å². The van der Waals surface area contributed by atoms with E-state index < -0.39 is 0 Å². The first-order valence-electron chi connectivity index (χ1n) is 3.42. The Morgan fingerprint density at radius 2 is 2.25 bits per heavy atom. The van der Waals surface area contributed by atoms with Crippen LogP contribution in [0.3, 0.4) is 0 Å². The van der Waals surface area contributed by atoms with Gasteiger partial charge in [0.1, 0.15) is 5.82 Å². The maximum Gasteiger partial charge on any atom is 0.250 e. The van der Waals surface area contributed by atoms with Gasteiger partial charge in [-0.15, -0.1) is 0 Å². The zero-order chi connectivity index (χ0) is 8.72. The number of hydrogen-bond acceptors (Lipinski definition) is 2. The van der Waals surface area contributed by atoms with Crippen LogP contribution in [0.25, 0.3) is 11.2 Å². The third-order valence-electron chi connectivity index (χ3n) is 1.56. The second-order valence-electron chi connectivity index (χ2n) is 2.53. The van der Waals surface area contributed by atoms with Crippen LogP contribution in [0.4, 0.5) is 0 Å². The standard InChI is InChI=1S/C7H6IN3O/c1-3-9-6-4(8)2-5(12)11-7(6)10-3/h2H,1H3,(H2,9,10,11,12). The second kappa shape index (κ2) is 2.58. The molecule has 0 aliphatic carbocycles. The third-order valence-corrected chi connectivity index (χ3v) is 2.41. The fraction of sp³-hybridized carbons (Fsp3) is 0.143. The van der Waals surface area contributed by atoms with Gasteiger partial charge in [-0.2, -0.15) is 0 Å². The summed E-state index contributed by atoms with van der Waals surface area (Å²) in [5, 5.41) is 0. The van der Waals surface area contributed by atoms with Gasteiger partial charge in [0.15, 0.2) is 5.65 Å². The zero-order valence-corrected chi connectivity index (χ0v) is 8.47. The minimum atomic E-state index is -0.113. The average molecular weight is 275 g/mol. The molecule has 0 amide bonds. The zero-order valence-electron chi connectivity index (χ0n) is 6.31. The molecule has 0 aromatic carbocycles. The Morgan fingerprint density at radius 3 is 3.00 bits per heavy atom. The van der Waals surface area contributed by atoms with E-state index in [2.05, 4.69) is 37.5 Å². The minimum Gasteiger partial charge on any atom is -0.340 e. The molecule has 0 aliphatic heterocycles. The number of fused-ring (bicyclic) bond motifs is 1. The van der Waals surface area contributed by atoms with Crippen molar-refractivity contribution in [3.63, 3.8) is 0 Å². The number of aromatic amines is 2. The van der Waals surface area contributed by atoms with Crippen LogP contribution in [0.2, 0.25) is 0 Å². The molecule has 2 N–H and O–H groups in total. The van der Waals surface area contributed by atoms with Crippen molar-refractivity contribution in [2.45, 2.75) is 6.92 Å². The number of halogens is 1. The summed E-state index contributed by atoms with van der Waals surface area (Å²) < 4.78 is 0.895. The first-order chi connectivity index (χ1) is 5.66. The molecule has 5 heteroatoms. The Morgan fingerprint density at radius 1 is 1.50 bits per heavy atom. The lowest BCUT2D eigenvalue weighted by Crippen LogP contribution is -2.04. The Labute approximate surface area is 81.5 Å². The molecule has 2 heterocycles. The molecule has 0 atom stereocenters. The Kier molecular flexibility index (Phi) is 1.67. The van der Waals surface area contributed by atoms with Gasteiger partial charge in [0, 0.05) is 9.64 Å². The van der Waals surface area contributed by atoms with Crippen LogP contribution in [0.5, 0.6) is 0 Å². The number of imidazole rings is 1. The van der Waals surface area contributed by atoms with E-state index in [1.165, 1.54) is 0 Å². The normalized spacial score (nSPS) is 10.8. The summed E-state index contributed by atoms with van der Waals surface area (Å²) in [6.07, 6.45) is 0. The highest BCUT2D eigenvalue weighted by Gasteiger charge is 2.03. The average Bonchev–Trinajstić information content (AvgIpc) is 2.29. The van der Waals surface area contributed by atoms with Crippen LogP contribution in [0, 0.1) is 10.5 Å². The van der Waals surface area contributed by atoms with E-state index in [4.69, 9.17) is 0 Å². The van der Waals surface area contributed by atoms with Gasteiger partial charge in [-0.3, -0.25) is 4.79 Å². The van der Waals surface area contributed by atoms with Gasteiger partial charge in [-0.1, -0.05) is 0 Å². The number of rotatable bonds is 0. The largest absolute Gasteiger partial charge is 0.340 e. The molecule has 0 spiro atoms. The molecule has 62 valence electrons. The van der Waals surface area contributed by atoms with Gasteiger partial charge in [0.25, 0.3) is 5.56 Å². The van der Waals surface area contributed by atoms with Gasteiger partial charge in [0.2, 0.25) is 0 Å². The number of nitrogens with one attached hydrogen (secondary N) is 2. The Hall–Kier alpha value is -0.850. The van der Waals surface area contributed by atoms with E-state index >= 15 is 0 Å². The van der Waals surface area contributed by atoms with Crippen molar-refractivity contribution in [1.29, 1.82) is 0 Å². The van der Waals surface area contributed by atoms with Crippen molar-refractivity contribution >= 4 is 33.8 Å². The van der Waals surface area contributed by atoms with Crippen LogP contribution in [-0.2, 0) is 0 Å². The summed E-state index contributed by atoms with van der Waals surface area (Å²) in [6, 6.07) is 1.54. The van der Waals surface area contributed by atoms with E-state index in [9.17, 15) is 4.79 Å². The summed E-state index contributed by atoms with van der Waals surface area (Å²) in [4.78, 5) is 20.8. The number of nitrogens with zero attached hydrogens (tertiary/aromatic N) is 1. The van der Waals surface area contributed by atoms with Crippen LogP contribution in [0.15, 0.2) is 10.9 Å². The molecule has 0 aliphatic rings. The molecule has 2 aromatic heterocycles. The molecule has 0 unspecified atom stereocenters. The minimum absolute atomic E-state index is 0.113. The van der Waals surface area contributed by atoms with E-state index in [1.54, 1.807) is 6.07 Å². The number of H-pyrrole nitrogens is 2. The molecule has 0 fully saturated rings. The monoisotopic (exact) mass is 275 g/mol. The first kappa shape index (κ1) is 7.78. The van der Waals surface area contributed by atoms with Crippen LogP contribution >= 0.6 is 22.6 Å². The molecular formula is C7H6IN3O. The maximum atomic E-state index is 11.0. The van der Waals surface area contributed by atoms with Crippen molar-refractivity contribution in [1.82, 2.24) is 15.0 Å². The van der Waals surface area contributed by atoms with E-state index in [0.29, 0.717) is 5.65 Å². The van der Waals surface area contributed by atoms with Gasteiger partial charge in [-0.25, -0.2) is 4.98 Å². The fourth-order valence-electron chi connectivity index (χ4n) is 1.09. The fourth-order valence-corrected chi connectivity index (χ4v) is 1.77. The number of pyridine rings is 1. The van der Waals surface area contributed by atoms with Crippen molar-refractivity contribution in [2.75, 3.05) is 0 Å². The van der Waals surface area contributed by atoms with Gasteiger partial charge in [0.05, 0.1) is 5.52 Å². The molecule has 12 heavy (non-hydrogen) atoms. The van der Waals surface area contributed by atoms with Crippen molar-refractivity contribution < 1.29 is 0 Å². The highest BCUT2D eigenvalue weighted by atomic mass is 127. The molecular weight excluding hydrogens is 269 g/mol. The predicted molar refractivity (Wildman–Crippen MR) is 54.2 cm³/mol. The second-order valence-corrected chi connectivity index (χ2v) is 3.69. The lowest BCUT2D eigenvalue weighted by atomic mass is 10.4. The van der Waals surface area contributed by atoms with Crippen molar-refractivity contribution in [3.8, 4) is 0 Å². The summed E-state index contributed by atoms with van der Waals surface area (Å²) in [5.74, 6) is 0.810. The molecule has 0 saturated heterocycles. The first-order valence-corrected chi connectivity index (χ1v) is 4.50. The highest BCUT2D eigenvalue weighted by molar-refractivity contribution is 14.1. The number of aryl methyl sites for hydroxylation is 1. The van der Waals surface area contributed by atoms with Gasteiger partial charge < -0.3 is 9.97 Å². The van der Waals surface area contributed by atoms with Crippen molar-refractivity contribution in [2.24, 2.45) is 0 Å². The molecule has 0 radical (unpaired) electrons. The third kappa shape index (κ3) is 1.13. The van der Waals surface area contributed by atoms with Gasteiger partial charge >= 0.3 is 0 Å². The molecule has 0 bridgehead atoms. The summed E-state index contributed by atoms with van der Waals surface area (Å²) >= 11 is 2.11. The SMILES string of the molecule is Cc1nc2[nH]c(=O)cc(I)c2[nH]1. The number of hydrogen-bond donors (Lipinski definition) is 2. The molecule has 0 saturated carbocycles. The van der Waals surface area contributed by atoms with Crippen LogP contribution < -0.4 is 5.56 Å². The lowest BCUT2D eigenvalue weighted by Gasteiger charge is -1.89. The molecule has 4 nitrogen and oxygen atoms in total. The van der Waals surface area contributed by atoms with Gasteiger partial charge in [-0.05, 0) is 29.5 Å². The van der Waals surface area contributed by atoms with E-state index in [-0.39, 0.29) is 5.56 Å². The van der Waals surface area contributed by atoms with E-state index in [1.807, 2.05) is 6.92 Å². The predicted octanol–water partition coefficient (Wildman–Crippen LogP) is 1.16. The number of aromatic nitrogens is 3. The van der Waals surface area contributed by atoms with Crippen LogP contribution in [0.1, 0.15) is 5.82 Å². The maximum absolute atomic E-state index is 11.0. The molecule has 2 aromatic rings. The summed E-state index contributed by atoms with van der Waals surface area (Å²) in [6.45, 7) is 1.86.